The number of fused-ring (bicyclic) bond motifs is 1. The Balaban J connectivity index is 1.72. The molecule has 0 spiro atoms. The fourth-order valence-corrected chi connectivity index (χ4v) is 3.16. The zero-order chi connectivity index (χ0) is 18.8. The molecule has 2 heterocycles. The molecule has 0 saturated carbocycles. The van der Waals surface area contributed by atoms with Crippen molar-refractivity contribution >= 4 is 28.2 Å². The number of nitrogens with one attached hydrogen (secondary N) is 2. The molecule has 0 unspecified atom stereocenters. The summed E-state index contributed by atoms with van der Waals surface area (Å²) in [5.74, 6) is 0.820. The molecule has 0 aliphatic rings. The van der Waals surface area contributed by atoms with E-state index in [1.54, 1.807) is 6.20 Å². The maximum Gasteiger partial charge on any atom is 0.180 e. The van der Waals surface area contributed by atoms with Crippen LogP contribution in [-0.2, 0) is 6.42 Å². The number of H-pyrrole nitrogens is 1. The van der Waals surface area contributed by atoms with Gasteiger partial charge in [0.1, 0.15) is 11.3 Å². The number of aromatic amines is 1. The summed E-state index contributed by atoms with van der Waals surface area (Å²) in [4.78, 5) is 14.6. The van der Waals surface area contributed by atoms with Gasteiger partial charge in [-0.3, -0.25) is 0 Å². The molecule has 27 heavy (non-hydrogen) atoms. The highest BCUT2D eigenvalue weighted by atomic mass is 15.1. The van der Waals surface area contributed by atoms with Crippen molar-refractivity contribution in [3.8, 4) is 11.4 Å². The molecule has 2 N–H and O–H groups in total. The summed E-state index contributed by atoms with van der Waals surface area (Å²) in [6.07, 6.45) is 2.77. The molecule has 4 aromatic rings. The van der Waals surface area contributed by atoms with Crippen LogP contribution in [0.1, 0.15) is 12.5 Å². The van der Waals surface area contributed by atoms with Crippen LogP contribution in [0.4, 0.5) is 17.1 Å². The van der Waals surface area contributed by atoms with E-state index in [-0.39, 0.29) is 0 Å². The van der Waals surface area contributed by atoms with Crippen molar-refractivity contribution in [2.24, 2.45) is 0 Å². The van der Waals surface area contributed by atoms with Gasteiger partial charge in [0.05, 0.1) is 5.69 Å². The molecule has 4 rings (SSSR count). The Morgan fingerprint density at radius 3 is 2.48 bits per heavy atom. The van der Waals surface area contributed by atoms with Gasteiger partial charge in [0, 0.05) is 37.2 Å². The minimum absolute atomic E-state index is 0.709. The van der Waals surface area contributed by atoms with E-state index in [0.29, 0.717) is 5.65 Å². The largest absolute Gasteiger partial charge is 0.378 e. The number of aryl methyl sites for hydroxylation is 1. The Labute approximate surface area is 159 Å². The van der Waals surface area contributed by atoms with Gasteiger partial charge in [0.25, 0.3) is 0 Å². The summed E-state index contributed by atoms with van der Waals surface area (Å²) in [7, 11) is 4.07. The number of imidazole rings is 1. The van der Waals surface area contributed by atoms with E-state index in [1.807, 2.05) is 26.2 Å². The first-order chi connectivity index (χ1) is 13.2. The molecule has 0 amide bonds. The maximum atomic E-state index is 4.68. The van der Waals surface area contributed by atoms with Crippen LogP contribution in [-0.4, -0.2) is 29.0 Å². The standard InChI is InChI=1S/C22H23N5/c1-4-15-7-5-6-8-18(15)24-19-13-14-23-22-20(19)25-21(26-22)16-9-11-17(12-10-16)27(2)3/h5-14H,4H2,1-3H3,(H2,23,24,25,26). The molecule has 136 valence electrons. The van der Waals surface area contributed by atoms with Crippen LogP contribution in [0.25, 0.3) is 22.6 Å². The lowest BCUT2D eigenvalue weighted by Crippen LogP contribution is -2.07. The molecule has 2 aromatic heterocycles. The number of hydrogen-bond acceptors (Lipinski definition) is 4. The van der Waals surface area contributed by atoms with Gasteiger partial charge in [-0.15, -0.1) is 0 Å². The van der Waals surface area contributed by atoms with Gasteiger partial charge in [0.2, 0.25) is 0 Å². The number of nitrogens with zero attached hydrogens (tertiary/aromatic N) is 3. The lowest BCUT2D eigenvalue weighted by atomic mass is 10.1. The lowest BCUT2D eigenvalue weighted by molar-refractivity contribution is 1.13. The molecule has 0 aliphatic carbocycles. The first-order valence-corrected chi connectivity index (χ1v) is 9.13. The smallest absolute Gasteiger partial charge is 0.180 e. The molecule has 0 radical (unpaired) electrons. The minimum atomic E-state index is 0.709. The normalized spacial score (nSPS) is 10.9. The highest BCUT2D eigenvalue weighted by Crippen LogP contribution is 2.28. The topological polar surface area (TPSA) is 56.8 Å². The predicted octanol–water partition coefficient (Wildman–Crippen LogP) is 5.00. The highest BCUT2D eigenvalue weighted by molar-refractivity contribution is 5.90. The van der Waals surface area contributed by atoms with Crippen molar-refractivity contribution in [1.29, 1.82) is 0 Å². The van der Waals surface area contributed by atoms with E-state index in [1.165, 1.54) is 5.56 Å². The number of anilines is 3. The zero-order valence-electron chi connectivity index (χ0n) is 15.8. The van der Waals surface area contributed by atoms with Gasteiger partial charge >= 0.3 is 0 Å². The maximum absolute atomic E-state index is 4.68. The van der Waals surface area contributed by atoms with Crippen LogP contribution in [0.5, 0.6) is 0 Å². The predicted molar refractivity (Wildman–Crippen MR) is 113 cm³/mol. The van der Waals surface area contributed by atoms with E-state index in [4.69, 9.17) is 0 Å². The third kappa shape index (κ3) is 3.36. The Morgan fingerprint density at radius 1 is 0.963 bits per heavy atom. The van der Waals surface area contributed by atoms with Crippen molar-refractivity contribution in [2.75, 3.05) is 24.3 Å². The van der Waals surface area contributed by atoms with E-state index in [2.05, 4.69) is 74.6 Å². The number of rotatable bonds is 5. The highest BCUT2D eigenvalue weighted by Gasteiger charge is 2.11. The van der Waals surface area contributed by atoms with Gasteiger partial charge in [0.15, 0.2) is 5.65 Å². The number of benzene rings is 2. The molecule has 0 atom stereocenters. The molecule has 0 bridgehead atoms. The second-order valence-corrected chi connectivity index (χ2v) is 6.72. The molecular weight excluding hydrogens is 334 g/mol. The summed E-state index contributed by atoms with van der Waals surface area (Å²) in [6, 6.07) is 18.7. The van der Waals surface area contributed by atoms with Gasteiger partial charge in [-0.2, -0.15) is 0 Å². The molecule has 0 aliphatic heterocycles. The Hall–Kier alpha value is -3.34. The third-order valence-corrected chi connectivity index (χ3v) is 4.72. The molecule has 2 aromatic carbocycles. The summed E-state index contributed by atoms with van der Waals surface area (Å²) in [5, 5.41) is 3.54. The van der Waals surface area contributed by atoms with Crippen LogP contribution in [0.3, 0.4) is 0 Å². The van der Waals surface area contributed by atoms with Gasteiger partial charge in [-0.05, 0) is 48.4 Å². The SMILES string of the molecule is CCc1ccccc1Nc1ccnc2nc(-c3ccc(N(C)C)cc3)[nH]c12. The van der Waals surface area contributed by atoms with Crippen LogP contribution in [0.15, 0.2) is 60.8 Å². The molecule has 0 fully saturated rings. The molecule has 5 nitrogen and oxygen atoms in total. The van der Waals surface area contributed by atoms with Crippen molar-refractivity contribution in [3.05, 3.63) is 66.4 Å². The number of pyridine rings is 1. The third-order valence-electron chi connectivity index (χ3n) is 4.72. The fraction of sp³-hybridized carbons (Fsp3) is 0.182. The van der Waals surface area contributed by atoms with E-state index in [0.717, 1.165) is 40.4 Å². The molecular formula is C22H23N5. The summed E-state index contributed by atoms with van der Waals surface area (Å²) >= 11 is 0. The summed E-state index contributed by atoms with van der Waals surface area (Å²) < 4.78 is 0. The van der Waals surface area contributed by atoms with Crippen molar-refractivity contribution in [3.63, 3.8) is 0 Å². The van der Waals surface area contributed by atoms with Crippen LogP contribution in [0, 0.1) is 0 Å². The van der Waals surface area contributed by atoms with Crippen molar-refractivity contribution in [1.82, 2.24) is 15.0 Å². The molecule has 0 saturated heterocycles. The fourth-order valence-electron chi connectivity index (χ4n) is 3.16. The Kier molecular flexibility index (Phi) is 4.50. The lowest BCUT2D eigenvalue weighted by Gasteiger charge is -2.12. The first kappa shape index (κ1) is 17.1. The summed E-state index contributed by atoms with van der Waals surface area (Å²) in [5.41, 5.74) is 7.19. The zero-order valence-corrected chi connectivity index (χ0v) is 15.8. The minimum Gasteiger partial charge on any atom is -0.378 e. The first-order valence-electron chi connectivity index (χ1n) is 9.13. The van der Waals surface area contributed by atoms with Crippen molar-refractivity contribution in [2.45, 2.75) is 13.3 Å². The van der Waals surface area contributed by atoms with Crippen LogP contribution >= 0.6 is 0 Å². The average molecular weight is 357 g/mol. The Morgan fingerprint density at radius 2 is 1.74 bits per heavy atom. The average Bonchev–Trinajstić information content (AvgIpc) is 3.14. The van der Waals surface area contributed by atoms with E-state index >= 15 is 0 Å². The summed E-state index contributed by atoms with van der Waals surface area (Å²) in [6.45, 7) is 2.16. The van der Waals surface area contributed by atoms with Crippen LogP contribution < -0.4 is 10.2 Å². The quantitative estimate of drug-likeness (QED) is 0.528. The molecule has 5 heteroatoms. The monoisotopic (exact) mass is 357 g/mol. The van der Waals surface area contributed by atoms with Gasteiger partial charge in [-0.25, -0.2) is 9.97 Å². The second-order valence-electron chi connectivity index (χ2n) is 6.72. The van der Waals surface area contributed by atoms with Crippen LogP contribution in [0.2, 0.25) is 0 Å². The van der Waals surface area contributed by atoms with E-state index < -0.39 is 0 Å². The van der Waals surface area contributed by atoms with Gasteiger partial charge in [-0.1, -0.05) is 25.1 Å². The Bertz CT molecular complexity index is 1060. The number of hydrogen-bond donors (Lipinski definition) is 2. The number of para-hydroxylation sites is 1. The number of aromatic nitrogens is 3. The second kappa shape index (κ2) is 7.11. The van der Waals surface area contributed by atoms with Crippen molar-refractivity contribution < 1.29 is 0 Å². The van der Waals surface area contributed by atoms with E-state index in [9.17, 15) is 0 Å². The van der Waals surface area contributed by atoms with Gasteiger partial charge < -0.3 is 15.2 Å².